The summed E-state index contributed by atoms with van der Waals surface area (Å²) in [5.41, 5.74) is 13.8. The molecule has 10 aromatic carbocycles. The molecule has 2 heterocycles. The Kier molecular flexibility index (Phi) is 7.54. The summed E-state index contributed by atoms with van der Waals surface area (Å²) in [7, 11) is 0. The second-order valence-corrected chi connectivity index (χ2v) is 15.2. The molecule has 0 saturated carbocycles. The molecular weight excluding hydrogens is 719 g/mol. The summed E-state index contributed by atoms with van der Waals surface area (Å²) in [5, 5.41) is 9.30. The van der Waals surface area contributed by atoms with Crippen LogP contribution < -0.4 is 4.90 Å². The molecule has 0 spiro atoms. The van der Waals surface area contributed by atoms with Gasteiger partial charge in [0.15, 0.2) is 0 Å². The molecule has 0 aliphatic heterocycles. The topological polar surface area (TPSA) is 29.5 Å². The van der Waals surface area contributed by atoms with Gasteiger partial charge in [-0.1, -0.05) is 152 Å². The molecule has 0 N–H and O–H groups in total. The van der Waals surface area contributed by atoms with E-state index in [4.69, 9.17) is 8.83 Å². The number of para-hydroxylation sites is 1. The van der Waals surface area contributed by atoms with Crippen molar-refractivity contribution in [3.05, 3.63) is 212 Å². The van der Waals surface area contributed by atoms with Crippen LogP contribution in [-0.2, 0) is 0 Å². The predicted molar refractivity (Wildman–Crippen MR) is 247 cm³/mol. The summed E-state index contributed by atoms with van der Waals surface area (Å²) < 4.78 is 12.9. The molecule has 59 heavy (non-hydrogen) atoms. The van der Waals surface area contributed by atoms with Crippen LogP contribution in [0.2, 0.25) is 0 Å². The lowest BCUT2D eigenvalue weighted by Gasteiger charge is -2.26. The van der Waals surface area contributed by atoms with Crippen molar-refractivity contribution in [2.24, 2.45) is 0 Å². The van der Waals surface area contributed by atoms with Gasteiger partial charge < -0.3 is 13.7 Å². The Morgan fingerprint density at radius 3 is 1.58 bits per heavy atom. The van der Waals surface area contributed by atoms with Crippen molar-refractivity contribution < 1.29 is 8.83 Å². The minimum absolute atomic E-state index is 0.888. The van der Waals surface area contributed by atoms with Gasteiger partial charge in [0.25, 0.3) is 0 Å². The highest BCUT2D eigenvalue weighted by atomic mass is 16.3. The molecule has 0 atom stereocenters. The van der Waals surface area contributed by atoms with E-state index < -0.39 is 0 Å². The van der Waals surface area contributed by atoms with E-state index in [1.807, 2.05) is 12.1 Å². The number of anilines is 3. The van der Waals surface area contributed by atoms with Crippen LogP contribution in [0.15, 0.2) is 221 Å². The number of fused-ring (bicyclic) bond motifs is 9. The first kappa shape index (κ1) is 33.3. The van der Waals surface area contributed by atoms with E-state index in [9.17, 15) is 0 Å². The number of hydrogen-bond acceptors (Lipinski definition) is 3. The molecule has 12 aromatic rings. The minimum atomic E-state index is 0.888. The van der Waals surface area contributed by atoms with Crippen LogP contribution in [0, 0.1) is 0 Å². The molecule has 0 saturated heterocycles. The first-order valence-electron chi connectivity index (χ1n) is 20.1. The maximum Gasteiger partial charge on any atom is 0.143 e. The van der Waals surface area contributed by atoms with Crippen molar-refractivity contribution in [1.82, 2.24) is 0 Å². The molecular formula is C56H35NO2. The Labute approximate surface area is 340 Å². The molecule has 0 amide bonds. The molecule has 0 aliphatic rings. The van der Waals surface area contributed by atoms with Gasteiger partial charge in [-0.15, -0.1) is 0 Å². The standard InChI is InChI=1S/C56H35NO2/c1-3-16-44-36(11-1)13-8-19-45(44)38-25-30-41(31-26-38)57(43-15-7-14-40(35-43)47-21-10-23-52-54(47)49-18-5-6-22-51(49)58-52)42-32-27-39(28-33-42)46-20-9-24-53-55(46)50-34-29-37-12-2-4-17-48(37)56(50)59-53/h1-35H. The molecule has 12 rings (SSSR count). The van der Waals surface area contributed by atoms with Gasteiger partial charge in [-0.2, -0.15) is 0 Å². The molecule has 0 unspecified atom stereocenters. The van der Waals surface area contributed by atoms with Crippen LogP contribution >= 0.6 is 0 Å². The maximum atomic E-state index is 6.55. The van der Waals surface area contributed by atoms with Crippen LogP contribution in [0.1, 0.15) is 0 Å². The third-order valence-electron chi connectivity index (χ3n) is 11.9. The zero-order valence-corrected chi connectivity index (χ0v) is 32.0. The van der Waals surface area contributed by atoms with Gasteiger partial charge in [0, 0.05) is 44.0 Å². The lowest BCUT2D eigenvalue weighted by Crippen LogP contribution is -2.10. The van der Waals surface area contributed by atoms with Crippen molar-refractivity contribution >= 4 is 82.5 Å². The van der Waals surface area contributed by atoms with E-state index >= 15 is 0 Å². The zero-order valence-electron chi connectivity index (χ0n) is 32.0. The molecule has 3 nitrogen and oxygen atoms in total. The first-order chi connectivity index (χ1) is 29.2. The van der Waals surface area contributed by atoms with Crippen LogP contribution in [0.25, 0.3) is 98.8 Å². The SMILES string of the molecule is c1cc(-c2cccc3oc4ccccc4c23)cc(N(c2ccc(-c3cccc4ccccc34)cc2)c2ccc(-c3cccc4oc5c6ccccc6ccc5c34)cc2)c1. The van der Waals surface area contributed by atoms with Gasteiger partial charge in [0.05, 0.1) is 0 Å². The number of nitrogens with zero attached hydrogens (tertiary/aromatic N) is 1. The second-order valence-electron chi connectivity index (χ2n) is 15.2. The van der Waals surface area contributed by atoms with Crippen LogP contribution in [-0.4, -0.2) is 0 Å². The van der Waals surface area contributed by atoms with Crippen LogP contribution in [0.3, 0.4) is 0 Å². The third kappa shape index (κ3) is 5.44. The molecule has 2 aromatic heterocycles. The summed E-state index contributed by atoms with van der Waals surface area (Å²) in [6, 6.07) is 75.7. The Balaban J connectivity index is 0.997. The van der Waals surface area contributed by atoms with Gasteiger partial charge in [-0.25, -0.2) is 0 Å². The van der Waals surface area contributed by atoms with E-state index in [2.05, 4.69) is 205 Å². The Bertz CT molecular complexity index is 3550. The normalized spacial score (nSPS) is 11.7. The largest absolute Gasteiger partial charge is 0.456 e. The Hall–Kier alpha value is -7.88. The zero-order chi connectivity index (χ0) is 38.9. The van der Waals surface area contributed by atoms with E-state index in [-0.39, 0.29) is 0 Å². The van der Waals surface area contributed by atoms with E-state index in [0.29, 0.717) is 0 Å². The van der Waals surface area contributed by atoms with Gasteiger partial charge in [-0.05, 0) is 110 Å². The summed E-state index contributed by atoms with van der Waals surface area (Å²) in [6.07, 6.45) is 0. The lowest BCUT2D eigenvalue weighted by atomic mass is 9.97. The summed E-state index contributed by atoms with van der Waals surface area (Å²) in [4.78, 5) is 2.35. The number of hydrogen-bond donors (Lipinski definition) is 0. The first-order valence-corrected chi connectivity index (χ1v) is 20.1. The highest BCUT2D eigenvalue weighted by Gasteiger charge is 2.19. The summed E-state index contributed by atoms with van der Waals surface area (Å²) >= 11 is 0. The number of furan rings is 2. The van der Waals surface area contributed by atoms with E-state index in [1.165, 1.54) is 27.3 Å². The summed E-state index contributed by atoms with van der Waals surface area (Å²) in [5.74, 6) is 0. The van der Waals surface area contributed by atoms with Crippen molar-refractivity contribution in [3.63, 3.8) is 0 Å². The van der Waals surface area contributed by atoms with Gasteiger partial charge in [0.1, 0.15) is 22.3 Å². The second kappa shape index (κ2) is 13.4. The Morgan fingerprint density at radius 1 is 0.288 bits per heavy atom. The number of benzene rings is 10. The third-order valence-corrected chi connectivity index (χ3v) is 11.9. The molecule has 0 bridgehead atoms. The molecule has 0 aliphatic carbocycles. The fourth-order valence-electron chi connectivity index (χ4n) is 9.13. The highest BCUT2D eigenvalue weighted by molar-refractivity contribution is 6.19. The molecule has 0 fully saturated rings. The van der Waals surface area contributed by atoms with E-state index in [1.54, 1.807) is 0 Å². The number of rotatable bonds is 6. The minimum Gasteiger partial charge on any atom is -0.456 e. The van der Waals surface area contributed by atoms with Crippen LogP contribution in [0.4, 0.5) is 17.1 Å². The van der Waals surface area contributed by atoms with Crippen LogP contribution in [0.5, 0.6) is 0 Å². The quantitative estimate of drug-likeness (QED) is 0.169. The fourth-order valence-corrected chi connectivity index (χ4v) is 9.13. The predicted octanol–water partition coefficient (Wildman–Crippen LogP) is 16.3. The van der Waals surface area contributed by atoms with Gasteiger partial charge >= 0.3 is 0 Å². The highest BCUT2D eigenvalue weighted by Crippen LogP contribution is 2.43. The molecule has 3 heteroatoms. The summed E-state index contributed by atoms with van der Waals surface area (Å²) in [6.45, 7) is 0. The van der Waals surface area contributed by atoms with Crippen molar-refractivity contribution in [2.75, 3.05) is 4.90 Å². The fraction of sp³-hybridized carbons (Fsp3) is 0. The molecule has 276 valence electrons. The lowest BCUT2D eigenvalue weighted by molar-refractivity contribution is 0.669. The average molecular weight is 754 g/mol. The average Bonchev–Trinajstić information content (AvgIpc) is 3.89. The monoisotopic (exact) mass is 753 g/mol. The van der Waals surface area contributed by atoms with Gasteiger partial charge in [0.2, 0.25) is 0 Å². The molecule has 0 radical (unpaired) electrons. The Morgan fingerprint density at radius 2 is 0.814 bits per heavy atom. The van der Waals surface area contributed by atoms with Crippen molar-refractivity contribution in [1.29, 1.82) is 0 Å². The maximum absolute atomic E-state index is 6.55. The van der Waals surface area contributed by atoms with Gasteiger partial charge in [-0.3, -0.25) is 0 Å². The smallest absolute Gasteiger partial charge is 0.143 e. The van der Waals surface area contributed by atoms with Crippen molar-refractivity contribution in [3.8, 4) is 33.4 Å². The van der Waals surface area contributed by atoms with Crippen molar-refractivity contribution in [2.45, 2.75) is 0 Å². The van der Waals surface area contributed by atoms with E-state index in [0.717, 1.165) is 88.6 Å².